The SMILES string of the molecule is Cl.Nc1ccc(CC(=O)NCC2(c3ccc(Br)cc3)CCC2)cc1. The average Bonchev–Trinajstić information content (AvgIpc) is 2.50. The van der Waals surface area contributed by atoms with E-state index in [2.05, 4.69) is 45.5 Å². The molecule has 3 nitrogen and oxygen atoms in total. The quantitative estimate of drug-likeness (QED) is 0.726. The Labute approximate surface area is 157 Å². The van der Waals surface area contributed by atoms with E-state index in [1.165, 1.54) is 12.0 Å². The Hall–Kier alpha value is -1.52. The number of carbonyl (C=O) groups is 1. The molecule has 0 atom stereocenters. The number of anilines is 1. The van der Waals surface area contributed by atoms with Crippen LogP contribution in [0.5, 0.6) is 0 Å². The summed E-state index contributed by atoms with van der Waals surface area (Å²) in [5, 5.41) is 3.12. The van der Waals surface area contributed by atoms with Crippen LogP contribution in [0, 0.1) is 0 Å². The van der Waals surface area contributed by atoms with Crippen molar-refractivity contribution in [3.63, 3.8) is 0 Å². The summed E-state index contributed by atoms with van der Waals surface area (Å²) in [6.45, 7) is 0.711. The normalized spacial score (nSPS) is 15.0. The first kappa shape index (κ1) is 18.8. The molecular formula is C19H22BrClN2O. The molecule has 2 aromatic carbocycles. The Morgan fingerprint density at radius 1 is 1.08 bits per heavy atom. The van der Waals surface area contributed by atoms with Crippen molar-refractivity contribution in [3.8, 4) is 0 Å². The van der Waals surface area contributed by atoms with Gasteiger partial charge in [-0.15, -0.1) is 12.4 Å². The summed E-state index contributed by atoms with van der Waals surface area (Å²) in [5.74, 6) is 0.0677. The third-order valence-electron chi connectivity index (χ3n) is 4.74. The molecule has 0 bridgehead atoms. The van der Waals surface area contributed by atoms with E-state index < -0.39 is 0 Å². The Bertz CT molecular complexity index is 682. The van der Waals surface area contributed by atoms with Gasteiger partial charge >= 0.3 is 0 Å². The lowest BCUT2D eigenvalue weighted by Crippen LogP contribution is -2.45. The minimum atomic E-state index is 0. The summed E-state index contributed by atoms with van der Waals surface area (Å²) < 4.78 is 1.09. The van der Waals surface area contributed by atoms with Crippen molar-refractivity contribution in [2.45, 2.75) is 31.1 Å². The molecule has 0 aromatic heterocycles. The van der Waals surface area contributed by atoms with Crippen molar-refractivity contribution in [3.05, 3.63) is 64.1 Å². The van der Waals surface area contributed by atoms with Gasteiger partial charge in [0.05, 0.1) is 6.42 Å². The summed E-state index contributed by atoms with van der Waals surface area (Å²) in [7, 11) is 0. The van der Waals surface area contributed by atoms with Crippen LogP contribution in [-0.2, 0) is 16.6 Å². The van der Waals surface area contributed by atoms with E-state index in [4.69, 9.17) is 5.73 Å². The standard InChI is InChI=1S/C19H21BrN2O.ClH/c20-16-6-4-15(5-7-16)19(10-1-11-19)13-22-18(23)12-14-2-8-17(21)9-3-14;/h2-9H,1,10-13,21H2,(H,22,23);1H. The summed E-state index contributed by atoms with van der Waals surface area (Å²) in [6, 6.07) is 15.9. The second-order valence-electron chi connectivity index (χ2n) is 6.34. The zero-order chi connectivity index (χ0) is 16.3. The van der Waals surface area contributed by atoms with Gasteiger partial charge in [0.1, 0.15) is 0 Å². The number of nitrogens with one attached hydrogen (secondary N) is 1. The van der Waals surface area contributed by atoms with Gasteiger partial charge in [-0.1, -0.05) is 46.6 Å². The van der Waals surface area contributed by atoms with E-state index in [-0.39, 0.29) is 23.7 Å². The Balaban J connectivity index is 0.00000208. The molecule has 1 amide bonds. The molecule has 1 saturated carbocycles. The van der Waals surface area contributed by atoms with E-state index in [9.17, 15) is 4.79 Å². The van der Waals surface area contributed by atoms with Crippen LogP contribution in [0.4, 0.5) is 5.69 Å². The first-order valence-electron chi connectivity index (χ1n) is 7.95. The fourth-order valence-corrected chi connectivity index (χ4v) is 3.39. The van der Waals surface area contributed by atoms with Crippen LogP contribution in [0.15, 0.2) is 53.0 Å². The number of carbonyl (C=O) groups excluding carboxylic acids is 1. The van der Waals surface area contributed by atoms with Crippen LogP contribution in [0.25, 0.3) is 0 Å². The van der Waals surface area contributed by atoms with Crippen LogP contribution < -0.4 is 11.1 Å². The molecule has 0 saturated heterocycles. The molecule has 0 aliphatic heterocycles. The maximum atomic E-state index is 12.2. The fraction of sp³-hybridized carbons (Fsp3) is 0.316. The molecule has 1 fully saturated rings. The molecular weight excluding hydrogens is 388 g/mol. The van der Waals surface area contributed by atoms with Gasteiger partial charge < -0.3 is 11.1 Å². The van der Waals surface area contributed by atoms with Crippen LogP contribution in [0.3, 0.4) is 0 Å². The number of benzene rings is 2. The van der Waals surface area contributed by atoms with E-state index >= 15 is 0 Å². The van der Waals surface area contributed by atoms with Gasteiger partial charge in [-0.25, -0.2) is 0 Å². The highest BCUT2D eigenvalue weighted by atomic mass is 79.9. The highest BCUT2D eigenvalue weighted by molar-refractivity contribution is 9.10. The second kappa shape index (κ2) is 8.04. The molecule has 0 unspecified atom stereocenters. The molecule has 128 valence electrons. The third kappa shape index (κ3) is 4.31. The predicted octanol–water partition coefficient (Wildman–Crippen LogP) is 4.23. The van der Waals surface area contributed by atoms with Gasteiger partial charge in [0, 0.05) is 22.1 Å². The van der Waals surface area contributed by atoms with E-state index in [0.717, 1.165) is 28.6 Å². The largest absolute Gasteiger partial charge is 0.399 e. The number of nitrogen functional groups attached to an aromatic ring is 1. The van der Waals surface area contributed by atoms with Crippen LogP contribution in [0.1, 0.15) is 30.4 Å². The Morgan fingerprint density at radius 3 is 2.25 bits per heavy atom. The number of hydrogen-bond acceptors (Lipinski definition) is 2. The number of halogens is 2. The van der Waals surface area contributed by atoms with Gasteiger partial charge in [0.15, 0.2) is 0 Å². The van der Waals surface area contributed by atoms with Gasteiger partial charge in [0.25, 0.3) is 0 Å². The molecule has 2 aromatic rings. The zero-order valence-corrected chi connectivity index (χ0v) is 15.8. The van der Waals surface area contributed by atoms with Crippen molar-refractivity contribution < 1.29 is 4.79 Å². The molecule has 1 aliphatic rings. The van der Waals surface area contributed by atoms with Crippen molar-refractivity contribution in [1.29, 1.82) is 0 Å². The van der Waals surface area contributed by atoms with Crippen molar-refractivity contribution >= 4 is 39.9 Å². The van der Waals surface area contributed by atoms with E-state index in [0.29, 0.717) is 13.0 Å². The number of rotatable bonds is 5. The lowest BCUT2D eigenvalue weighted by atomic mass is 9.64. The average molecular weight is 410 g/mol. The number of hydrogen-bond donors (Lipinski definition) is 2. The fourth-order valence-electron chi connectivity index (χ4n) is 3.13. The molecule has 0 heterocycles. The maximum Gasteiger partial charge on any atom is 0.224 e. The highest BCUT2D eigenvalue weighted by Gasteiger charge is 2.38. The van der Waals surface area contributed by atoms with Crippen LogP contribution in [-0.4, -0.2) is 12.5 Å². The Morgan fingerprint density at radius 2 is 1.71 bits per heavy atom. The summed E-state index contributed by atoms with van der Waals surface area (Å²) in [4.78, 5) is 12.2. The minimum absolute atomic E-state index is 0. The molecule has 5 heteroatoms. The van der Waals surface area contributed by atoms with Crippen LogP contribution >= 0.6 is 28.3 Å². The second-order valence-corrected chi connectivity index (χ2v) is 7.25. The van der Waals surface area contributed by atoms with E-state index in [1.54, 1.807) is 0 Å². The maximum absolute atomic E-state index is 12.2. The smallest absolute Gasteiger partial charge is 0.224 e. The van der Waals surface area contributed by atoms with E-state index in [1.807, 2.05) is 24.3 Å². The molecule has 0 spiro atoms. The van der Waals surface area contributed by atoms with Gasteiger partial charge in [-0.3, -0.25) is 4.79 Å². The lowest BCUT2D eigenvalue weighted by molar-refractivity contribution is -0.120. The van der Waals surface area contributed by atoms with Crippen molar-refractivity contribution in [2.24, 2.45) is 0 Å². The molecule has 0 radical (unpaired) electrons. The predicted molar refractivity (Wildman–Crippen MR) is 104 cm³/mol. The lowest BCUT2D eigenvalue weighted by Gasteiger charge is -2.42. The topological polar surface area (TPSA) is 55.1 Å². The van der Waals surface area contributed by atoms with Gasteiger partial charge in [-0.2, -0.15) is 0 Å². The third-order valence-corrected chi connectivity index (χ3v) is 5.26. The number of nitrogens with two attached hydrogens (primary N) is 1. The number of amides is 1. The monoisotopic (exact) mass is 408 g/mol. The molecule has 3 N–H and O–H groups in total. The van der Waals surface area contributed by atoms with Crippen molar-refractivity contribution in [1.82, 2.24) is 5.32 Å². The van der Waals surface area contributed by atoms with Crippen molar-refractivity contribution in [2.75, 3.05) is 12.3 Å². The van der Waals surface area contributed by atoms with Crippen LogP contribution in [0.2, 0.25) is 0 Å². The summed E-state index contributed by atoms with van der Waals surface area (Å²) in [6.07, 6.45) is 3.90. The highest BCUT2D eigenvalue weighted by Crippen LogP contribution is 2.43. The molecule has 24 heavy (non-hydrogen) atoms. The zero-order valence-electron chi connectivity index (χ0n) is 13.4. The summed E-state index contributed by atoms with van der Waals surface area (Å²) in [5.41, 5.74) is 8.81. The van der Waals surface area contributed by atoms with Gasteiger partial charge in [0.2, 0.25) is 5.91 Å². The molecule has 1 aliphatic carbocycles. The first-order chi connectivity index (χ1) is 11.1. The summed E-state index contributed by atoms with van der Waals surface area (Å²) >= 11 is 3.48. The van der Waals surface area contributed by atoms with Gasteiger partial charge in [-0.05, 0) is 48.2 Å². The minimum Gasteiger partial charge on any atom is -0.399 e. The molecule has 3 rings (SSSR count). The first-order valence-corrected chi connectivity index (χ1v) is 8.74. The Kier molecular flexibility index (Phi) is 6.30.